The molecule has 2 saturated carbocycles. The Labute approximate surface area is 129 Å². The van der Waals surface area contributed by atoms with Gasteiger partial charge in [-0.2, -0.15) is 0 Å². The number of carbonyl (C=O) groups is 1. The molecule has 3 N–H and O–H groups in total. The standard InChI is InChI=1S/C17H32N2O2/c1-16(2,3)21-15(20)19-12-13-4-8-17(9-5-13)10-6-14(18)7-11-17/h13-14H,4-12,18H2,1-3H3,(H,19,20). The van der Waals surface area contributed by atoms with Gasteiger partial charge < -0.3 is 15.8 Å². The molecule has 1 amide bonds. The molecule has 0 radical (unpaired) electrons. The van der Waals surface area contributed by atoms with Gasteiger partial charge in [-0.1, -0.05) is 0 Å². The zero-order chi connectivity index (χ0) is 15.5. The zero-order valence-corrected chi connectivity index (χ0v) is 13.9. The Balaban J connectivity index is 1.69. The fraction of sp³-hybridized carbons (Fsp3) is 0.941. The minimum Gasteiger partial charge on any atom is -0.444 e. The number of nitrogens with two attached hydrogens (primary N) is 1. The highest BCUT2D eigenvalue weighted by Crippen LogP contribution is 2.48. The summed E-state index contributed by atoms with van der Waals surface area (Å²) >= 11 is 0. The molecule has 2 rings (SSSR count). The van der Waals surface area contributed by atoms with Crippen LogP contribution in [0.5, 0.6) is 0 Å². The number of hydrogen-bond acceptors (Lipinski definition) is 3. The minimum atomic E-state index is -0.415. The molecule has 2 fully saturated rings. The number of nitrogens with one attached hydrogen (secondary N) is 1. The number of ether oxygens (including phenoxy) is 1. The molecule has 2 aliphatic rings. The third-order valence-electron chi connectivity index (χ3n) is 5.19. The Morgan fingerprint density at radius 2 is 1.67 bits per heavy atom. The van der Waals surface area contributed by atoms with Crippen molar-refractivity contribution in [1.82, 2.24) is 5.32 Å². The lowest BCUT2D eigenvalue weighted by atomic mass is 9.62. The first-order valence-electron chi connectivity index (χ1n) is 8.50. The molecule has 4 heteroatoms. The second-order valence-electron chi connectivity index (χ2n) is 8.16. The van der Waals surface area contributed by atoms with E-state index in [0.29, 0.717) is 17.4 Å². The average molecular weight is 296 g/mol. The van der Waals surface area contributed by atoms with Crippen LogP contribution in [0.25, 0.3) is 0 Å². The maximum atomic E-state index is 11.7. The Morgan fingerprint density at radius 3 is 2.19 bits per heavy atom. The van der Waals surface area contributed by atoms with E-state index in [4.69, 9.17) is 10.5 Å². The van der Waals surface area contributed by atoms with E-state index in [2.05, 4.69) is 5.32 Å². The van der Waals surface area contributed by atoms with Gasteiger partial charge in [-0.25, -0.2) is 4.79 Å². The van der Waals surface area contributed by atoms with Crippen LogP contribution >= 0.6 is 0 Å². The maximum absolute atomic E-state index is 11.7. The molecule has 0 atom stereocenters. The van der Waals surface area contributed by atoms with E-state index in [0.717, 1.165) is 6.54 Å². The summed E-state index contributed by atoms with van der Waals surface area (Å²) in [5.41, 5.74) is 6.17. The van der Waals surface area contributed by atoms with Crippen molar-refractivity contribution in [3.05, 3.63) is 0 Å². The lowest BCUT2D eigenvalue weighted by Crippen LogP contribution is -2.39. The van der Waals surface area contributed by atoms with E-state index in [1.165, 1.54) is 51.4 Å². The van der Waals surface area contributed by atoms with Crippen molar-refractivity contribution in [3.8, 4) is 0 Å². The van der Waals surface area contributed by atoms with Crippen molar-refractivity contribution < 1.29 is 9.53 Å². The van der Waals surface area contributed by atoms with Crippen molar-refractivity contribution in [1.29, 1.82) is 0 Å². The minimum absolute atomic E-state index is 0.286. The van der Waals surface area contributed by atoms with E-state index < -0.39 is 5.60 Å². The summed E-state index contributed by atoms with van der Waals surface area (Å²) in [6, 6.07) is 0.433. The van der Waals surface area contributed by atoms with Crippen LogP contribution in [0.3, 0.4) is 0 Å². The molecule has 122 valence electrons. The van der Waals surface area contributed by atoms with E-state index >= 15 is 0 Å². The number of carbonyl (C=O) groups excluding carboxylic acids is 1. The molecule has 0 aromatic heterocycles. The third kappa shape index (κ3) is 5.17. The molecule has 0 aromatic rings. The van der Waals surface area contributed by atoms with Crippen molar-refractivity contribution in [2.24, 2.45) is 17.1 Å². The third-order valence-corrected chi connectivity index (χ3v) is 5.19. The molecule has 0 heterocycles. The second kappa shape index (κ2) is 6.55. The summed E-state index contributed by atoms with van der Waals surface area (Å²) in [6.07, 6.45) is 9.78. The smallest absolute Gasteiger partial charge is 0.407 e. The van der Waals surface area contributed by atoms with Gasteiger partial charge in [0.1, 0.15) is 5.60 Å². The van der Waals surface area contributed by atoms with Crippen molar-refractivity contribution in [2.75, 3.05) is 6.54 Å². The first-order valence-corrected chi connectivity index (χ1v) is 8.50. The fourth-order valence-electron chi connectivity index (χ4n) is 3.79. The molecule has 2 aliphatic carbocycles. The van der Waals surface area contributed by atoms with Gasteiger partial charge in [0.25, 0.3) is 0 Å². The number of amides is 1. The monoisotopic (exact) mass is 296 g/mol. The lowest BCUT2D eigenvalue weighted by molar-refractivity contribution is 0.0492. The van der Waals surface area contributed by atoms with Crippen molar-refractivity contribution in [3.63, 3.8) is 0 Å². The van der Waals surface area contributed by atoms with E-state index in [1.54, 1.807) is 0 Å². The lowest BCUT2D eigenvalue weighted by Gasteiger charge is -2.44. The number of alkyl carbamates (subject to hydrolysis) is 1. The molecule has 1 spiro atoms. The highest BCUT2D eigenvalue weighted by molar-refractivity contribution is 5.67. The molecule has 0 saturated heterocycles. The van der Waals surface area contributed by atoms with Gasteiger partial charge in [0.2, 0.25) is 0 Å². The maximum Gasteiger partial charge on any atom is 0.407 e. The Kier molecular flexibility index (Phi) is 5.18. The molecular weight excluding hydrogens is 264 g/mol. The van der Waals surface area contributed by atoms with Gasteiger partial charge in [-0.05, 0) is 83.5 Å². The summed E-state index contributed by atoms with van der Waals surface area (Å²) in [4.78, 5) is 11.7. The van der Waals surface area contributed by atoms with Gasteiger partial charge in [-0.3, -0.25) is 0 Å². The molecule has 0 unspecified atom stereocenters. The van der Waals surface area contributed by atoms with E-state index in [-0.39, 0.29) is 6.09 Å². The predicted octanol–water partition coefficient (Wildman–Crippen LogP) is 3.59. The number of hydrogen-bond donors (Lipinski definition) is 2. The normalized spacial score (nSPS) is 33.7. The van der Waals surface area contributed by atoms with Crippen LogP contribution in [0, 0.1) is 11.3 Å². The van der Waals surface area contributed by atoms with Crippen LogP contribution in [0.2, 0.25) is 0 Å². The molecule has 0 aromatic carbocycles. The van der Waals surface area contributed by atoms with E-state index in [9.17, 15) is 4.79 Å². The summed E-state index contributed by atoms with van der Waals surface area (Å²) in [5.74, 6) is 0.610. The summed E-state index contributed by atoms with van der Waals surface area (Å²) < 4.78 is 5.29. The molecule has 4 nitrogen and oxygen atoms in total. The highest BCUT2D eigenvalue weighted by atomic mass is 16.6. The largest absolute Gasteiger partial charge is 0.444 e. The summed E-state index contributed by atoms with van der Waals surface area (Å²) in [5, 5.41) is 2.93. The van der Waals surface area contributed by atoms with Crippen molar-refractivity contribution in [2.45, 2.75) is 83.8 Å². The van der Waals surface area contributed by atoms with Crippen LogP contribution in [0.15, 0.2) is 0 Å². The van der Waals surface area contributed by atoms with Crippen LogP contribution in [0.4, 0.5) is 4.79 Å². The van der Waals surface area contributed by atoms with Crippen LogP contribution in [0.1, 0.15) is 72.1 Å². The van der Waals surface area contributed by atoms with Crippen LogP contribution in [-0.4, -0.2) is 24.3 Å². The SMILES string of the molecule is CC(C)(C)OC(=O)NCC1CCC2(CCC(N)CC2)CC1. The molecule has 0 bridgehead atoms. The first kappa shape index (κ1) is 16.6. The zero-order valence-electron chi connectivity index (χ0n) is 13.9. The second-order valence-corrected chi connectivity index (χ2v) is 8.16. The summed E-state index contributed by atoms with van der Waals surface area (Å²) in [7, 11) is 0. The van der Waals surface area contributed by atoms with Gasteiger partial charge in [-0.15, -0.1) is 0 Å². The quantitative estimate of drug-likeness (QED) is 0.818. The van der Waals surface area contributed by atoms with Gasteiger partial charge >= 0.3 is 6.09 Å². The highest BCUT2D eigenvalue weighted by Gasteiger charge is 2.37. The Bertz CT molecular complexity index is 344. The molecular formula is C17H32N2O2. The van der Waals surface area contributed by atoms with Gasteiger partial charge in [0, 0.05) is 12.6 Å². The molecule has 21 heavy (non-hydrogen) atoms. The van der Waals surface area contributed by atoms with Crippen LogP contribution in [-0.2, 0) is 4.74 Å². The summed E-state index contributed by atoms with van der Waals surface area (Å²) in [6.45, 7) is 6.44. The topological polar surface area (TPSA) is 64.3 Å². The molecule has 0 aliphatic heterocycles. The Hall–Kier alpha value is -0.770. The average Bonchev–Trinajstić information content (AvgIpc) is 2.40. The Morgan fingerprint density at radius 1 is 1.14 bits per heavy atom. The first-order chi connectivity index (χ1) is 9.78. The van der Waals surface area contributed by atoms with Crippen molar-refractivity contribution >= 4 is 6.09 Å². The van der Waals surface area contributed by atoms with E-state index in [1.807, 2.05) is 20.8 Å². The predicted molar refractivity (Wildman–Crippen MR) is 85.1 cm³/mol. The van der Waals surface area contributed by atoms with Gasteiger partial charge in [0.05, 0.1) is 0 Å². The fourth-order valence-corrected chi connectivity index (χ4v) is 3.79. The van der Waals surface area contributed by atoms with Gasteiger partial charge in [0.15, 0.2) is 0 Å². The van der Waals surface area contributed by atoms with Crippen LogP contribution < -0.4 is 11.1 Å². The number of rotatable bonds is 2.